The first-order valence-electron chi connectivity index (χ1n) is 5.36. The predicted octanol–water partition coefficient (Wildman–Crippen LogP) is -1.09. The molecule has 0 aliphatic carbocycles. The number of aliphatic hydroxyl groups excluding tert-OH is 2. The van der Waals surface area contributed by atoms with Gasteiger partial charge in [-0.1, -0.05) is 12.2 Å². The summed E-state index contributed by atoms with van der Waals surface area (Å²) in [6.45, 7) is 0.859. The number of aliphatic hydroxyl groups is 3. The van der Waals surface area contributed by atoms with Crippen molar-refractivity contribution in [1.29, 1.82) is 0 Å². The van der Waals surface area contributed by atoms with Gasteiger partial charge in [-0.15, -0.1) is 0 Å². The lowest BCUT2D eigenvalue weighted by molar-refractivity contribution is -0.0993. The molecule has 2 rings (SSSR count). The molecule has 1 aromatic heterocycles. The van der Waals surface area contributed by atoms with Gasteiger partial charge in [-0.05, 0) is 13.0 Å². The van der Waals surface area contributed by atoms with Crippen LogP contribution in [0, 0.1) is 4.64 Å². The van der Waals surface area contributed by atoms with Gasteiger partial charge in [0.2, 0.25) is 0 Å². The van der Waals surface area contributed by atoms with Crippen molar-refractivity contribution in [3.63, 3.8) is 0 Å². The smallest absolute Gasteiger partial charge is 0.328 e. The third-order valence-electron chi connectivity index (χ3n) is 3.06. The number of hydrogen-bond donors (Lipinski definition) is 4. The van der Waals surface area contributed by atoms with E-state index in [2.05, 4.69) is 4.98 Å². The molecule has 0 unspecified atom stereocenters. The summed E-state index contributed by atoms with van der Waals surface area (Å²) in [5, 5.41) is 29.1. The topological polar surface area (TPSA) is 108 Å². The minimum absolute atomic E-state index is 0.162. The van der Waals surface area contributed by atoms with Gasteiger partial charge in [0.15, 0.2) is 6.23 Å². The molecule has 0 radical (unpaired) electrons. The SMILES string of the molecule is C[C@@]1(O)[C@H](O)[C@@H](CO)O[C@H]1n1c(=S)cc[nH]c1=O. The Bertz CT molecular complexity index is 523. The molecule has 100 valence electrons. The summed E-state index contributed by atoms with van der Waals surface area (Å²) in [5.41, 5.74) is -2.28. The van der Waals surface area contributed by atoms with Gasteiger partial charge >= 0.3 is 5.69 Å². The van der Waals surface area contributed by atoms with Gasteiger partial charge in [-0.25, -0.2) is 4.79 Å². The summed E-state index contributed by atoms with van der Waals surface area (Å²) in [7, 11) is 0. The number of rotatable bonds is 2. The molecule has 2 heterocycles. The maximum absolute atomic E-state index is 11.7. The molecule has 0 spiro atoms. The van der Waals surface area contributed by atoms with Crippen molar-refractivity contribution in [3.05, 3.63) is 27.4 Å². The molecule has 0 saturated carbocycles. The van der Waals surface area contributed by atoms with E-state index in [9.17, 15) is 15.0 Å². The van der Waals surface area contributed by atoms with E-state index < -0.39 is 36.3 Å². The lowest BCUT2D eigenvalue weighted by Gasteiger charge is -2.27. The largest absolute Gasteiger partial charge is 0.394 e. The monoisotopic (exact) mass is 274 g/mol. The first-order chi connectivity index (χ1) is 8.39. The van der Waals surface area contributed by atoms with Gasteiger partial charge in [-0.3, -0.25) is 4.57 Å². The Morgan fingerprint density at radius 1 is 1.67 bits per heavy atom. The van der Waals surface area contributed by atoms with Crippen molar-refractivity contribution >= 4 is 12.2 Å². The van der Waals surface area contributed by atoms with Crippen LogP contribution in [-0.2, 0) is 4.74 Å². The summed E-state index contributed by atoms with van der Waals surface area (Å²) in [6.07, 6.45) is -2.05. The average Bonchev–Trinajstić information content (AvgIpc) is 2.52. The summed E-state index contributed by atoms with van der Waals surface area (Å²) in [5.74, 6) is 0. The standard InChI is InChI=1S/C10H14N2O5S/c1-10(16)7(14)5(4-13)17-8(10)12-6(18)2-3-11-9(12)15/h2-3,5,7-8,13-14,16H,4H2,1H3,(H,11,15)/t5-,7-,8-,10-/m1/s1. The first-order valence-corrected chi connectivity index (χ1v) is 5.77. The van der Waals surface area contributed by atoms with Crippen molar-refractivity contribution in [2.75, 3.05) is 6.61 Å². The Hall–Kier alpha value is -1.06. The van der Waals surface area contributed by atoms with E-state index in [4.69, 9.17) is 22.1 Å². The third-order valence-corrected chi connectivity index (χ3v) is 3.39. The maximum atomic E-state index is 11.7. The second kappa shape index (κ2) is 4.56. The van der Waals surface area contributed by atoms with Crippen LogP contribution in [0.3, 0.4) is 0 Å². The molecule has 1 aliphatic rings. The lowest BCUT2D eigenvalue weighted by atomic mass is 9.96. The number of aromatic nitrogens is 2. The third kappa shape index (κ3) is 1.91. The minimum Gasteiger partial charge on any atom is -0.394 e. The van der Waals surface area contributed by atoms with Crippen LogP contribution in [0.5, 0.6) is 0 Å². The van der Waals surface area contributed by atoms with Gasteiger partial charge in [-0.2, -0.15) is 0 Å². The highest BCUT2D eigenvalue weighted by molar-refractivity contribution is 7.71. The fourth-order valence-corrected chi connectivity index (χ4v) is 2.27. The molecule has 8 heteroatoms. The molecule has 0 bridgehead atoms. The summed E-state index contributed by atoms with van der Waals surface area (Å²) >= 11 is 5.00. The summed E-state index contributed by atoms with van der Waals surface area (Å²) < 4.78 is 6.51. The van der Waals surface area contributed by atoms with Crippen LogP contribution >= 0.6 is 12.2 Å². The highest BCUT2D eigenvalue weighted by Gasteiger charge is 2.53. The number of ether oxygens (including phenoxy) is 1. The van der Waals surface area contributed by atoms with Crippen molar-refractivity contribution in [2.45, 2.75) is 31.0 Å². The van der Waals surface area contributed by atoms with Crippen LogP contribution in [0.4, 0.5) is 0 Å². The highest BCUT2D eigenvalue weighted by Crippen LogP contribution is 2.37. The van der Waals surface area contributed by atoms with E-state index in [-0.39, 0.29) is 4.64 Å². The molecular formula is C10H14N2O5S. The van der Waals surface area contributed by atoms with Crippen LogP contribution < -0.4 is 5.69 Å². The van der Waals surface area contributed by atoms with Crippen molar-refractivity contribution in [3.8, 4) is 0 Å². The molecule has 4 N–H and O–H groups in total. The lowest BCUT2D eigenvalue weighted by Crippen LogP contribution is -2.46. The Morgan fingerprint density at radius 3 is 2.83 bits per heavy atom. The molecule has 4 atom stereocenters. The second-order valence-corrected chi connectivity index (χ2v) is 4.79. The second-order valence-electron chi connectivity index (χ2n) is 4.37. The Kier molecular flexibility index (Phi) is 3.39. The Morgan fingerprint density at radius 2 is 2.33 bits per heavy atom. The zero-order valence-corrected chi connectivity index (χ0v) is 10.4. The first kappa shape index (κ1) is 13.4. The number of nitrogens with zero attached hydrogens (tertiary/aromatic N) is 1. The molecule has 1 aliphatic heterocycles. The Labute approximate surface area is 107 Å². The molecule has 0 aromatic carbocycles. The van der Waals surface area contributed by atoms with Crippen LogP contribution in [0.15, 0.2) is 17.1 Å². The van der Waals surface area contributed by atoms with E-state index in [1.165, 1.54) is 19.2 Å². The Balaban J connectivity index is 2.52. The molecule has 18 heavy (non-hydrogen) atoms. The highest BCUT2D eigenvalue weighted by atomic mass is 32.1. The van der Waals surface area contributed by atoms with Crippen molar-refractivity contribution in [1.82, 2.24) is 9.55 Å². The zero-order valence-electron chi connectivity index (χ0n) is 9.61. The molecule has 1 saturated heterocycles. The van der Waals surface area contributed by atoms with Crippen molar-refractivity contribution < 1.29 is 20.1 Å². The van der Waals surface area contributed by atoms with Gasteiger partial charge in [0.1, 0.15) is 22.4 Å². The van der Waals surface area contributed by atoms with Crippen LogP contribution in [0.2, 0.25) is 0 Å². The molecule has 7 nitrogen and oxygen atoms in total. The van der Waals surface area contributed by atoms with Gasteiger partial charge in [0.25, 0.3) is 0 Å². The predicted molar refractivity (Wildman–Crippen MR) is 63.5 cm³/mol. The fraction of sp³-hybridized carbons (Fsp3) is 0.600. The van der Waals surface area contributed by atoms with Gasteiger partial charge in [0, 0.05) is 6.20 Å². The normalized spacial score (nSPS) is 35.9. The molecule has 1 fully saturated rings. The summed E-state index contributed by atoms with van der Waals surface area (Å²) in [4.78, 5) is 14.1. The number of H-pyrrole nitrogens is 1. The number of hydrogen-bond acceptors (Lipinski definition) is 6. The van der Waals surface area contributed by atoms with E-state index in [1.807, 2.05) is 0 Å². The van der Waals surface area contributed by atoms with Crippen molar-refractivity contribution in [2.24, 2.45) is 0 Å². The van der Waals surface area contributed by atoms with Gasteiger partial charge < -0.3 is 25.0 Å². The average molecular weight is 274 g/mol. The maximum Gasteiger partial charge on any atom is 0.328 e. The molecule has 1 aromatic rings. The summed E-state index contributed by atoms with van der Waals surface area (Å²) in [6, 6.07) is 1.47. The zero-order chi connectivity index (χ0) is 13.5. The van der Waals surface area contributed by atoms with Crippen LogP contribution in [0.25, 0.3) is 0 Å². The van der Waals surface area contributed by atoms with E-state index >= 15 is 0 Å². The van der Waals surface area contributed by atoms with Crippen LogP contribution in [0.1, 0.15) is 13.2 Å². The molecule has 0 amide bonds. The fourth-order valence-electron chi connectivity index (χ4n) is 2.02. The van der Waals surface area contributed by atoms with E-state index in [0.717, 1.165) is 4.57 Å². The minimum atomic E-state index is -1.72. The van der Waals surface area contributed by atoms with E-state index in [0.29, 0.717) is 0 Å². The molecular weight excluding hydrogens is 260 g/mol. The number of nitrogens with one attached hydrogen (secondary N) is 1. The number of aromatic amines is 1. The van der Waals surface area contributed by atoms with E-state index in [1.54, 1.807) is 0 Å². The van der Waals surface area contributed by atoms with Gasteiger partial charge in [0.05, 0.1) is 6.61 Å². The van der Waals surface area contributed by atoms with Crippen LogP contribution in [-0.4, -0.2) is 49.3 Å². The quantitative estimate of drug-likeness (QED) is 0.510.